The lowest BCUT2D eigenvalue weighted by atomic mass is 10.1. The molecule has 28 heavy (non-hydrogen) atoms. The number of halogens is 2. The van der Waals surface area contributed by atoms with Gasteiger partial charge in [-0.05, 0) is 29.3 Å². The van der Waals surface area contributed by atoms with Crippen LogP contribution in [-0.4, -0.2) is 55.0 Å². The lowest BCUT2D eigenvalue weighted by molar-refractivity contribution is -0.117. The number of carbonyl (C=O) groups is 1. The molecule has 2 aromatic rings. The summed E-state index contributed by atoms with van der Waals surface area (Å²) in [6.45, 7) is 4.91. The zero-order chi connectivity index (χ0) is 19.5. The Morgan fingerprint density at radius 3 is 2.50 bits per heavy atom. The highest BCUT2D eigenvalue weighted by Gasteiger charge is 2.21. The minimum absolute atomic E-state index is 0.123. The number of nitrogens with zero attached hydrogens (tertiary/aromatic N) is 2. The Hall–Kier alpha value is -2.51. The van der Waals surface area contributed by atoms with Crippen molar-refractivity contribution in [1.29, 1.82) is 0 Å². The number of rotatable bonds is 5. The maximum absolute atomic E-state index is 13.6. The van der Waals surface area contributed by atoms with Crippen LogP contribution >= 0.6 is 0 Å². The molecule has 0 radical (unpaired) electrons. The van der Waals surface area contributed by atoms with Gasteiger partial charge in [-0.1, -0.05) is 18.2 Å². The van der Waals surface area contributed by atoms with E-state index in [1.807, 2.05) is 11.0 Å². The Balaban J connectivity index is 1.25. The largest absolute Gasteiger partial charge is 0.493 e. The number of benzene rings is 2. The molecule has 0 spiro atoms. The molecule has 1 saturated heterocycles. The first kappa shape index (κ1) is 18.8. The second-order valence-corrected chi connectivity index (χ2v) is 7.24. The van der Waals surface area contributed by atoms with Crippen LogP contribution in [0.1, 0.15) is 11.1 Å². The summed E-state index contributed by atoms with van der Waals surface area (Å²) in [5.74, 6) is -0.947. The summed E-state index contributed by atoms with van der Waals surface area (Å²) >= 11 is 0. The number of para-hydroxylation sites is 1. The first-order chi connectivity index (χ1) is 13.6. The molecule has 2 heterocycles. The van der Waals surface area contributed by atoms with Gasteiger partial charge in [-0.25, -0.2) is 8.78 Å². The van der Waals surface area contributed by atoms with Gasteiger partial charge in [0.2, 0.25) is 5.91 Å². The van der Waals surface area contributed by atoms with Gasteiger partial charge < -0.3 is 10.1 Å². The number of nitrogens with one attached hydrogen (secondary N) is 1. The van der Waals surface area contributed by atoms with E-state index in [0.717, 1.165) is 63.6 Å². The third-order valence-electron chi connectivity index (χ3n) is 5.22. The van der Waals surface area contributed by atoms with E-state index in [2.05, 4.69) is 22.3 Å². The van der Waals surface area contributed by atoms with Gasteiger partial charge in [-0.3, -0.25) is 14.6 Å². The predicted molar refractivity (Wildman–Crippen MR) is 102 cm³/mol. The molecule has 0 aliphatic carbocycles. The smallest absolute Gasteiger partial charge is 0.238 e. The van der Waals surface area contributed by atoms with Crippen LogP contribution in [0.15, 0.2) is 36.4 Å². The van der Waals surface area contributed by atoms with E-state index in [1.165, 1.54) is 17.2 Å². The molecule has 148 valence electrons. The number of fused-ring (bicyclic) bond motifs is 1. The molecule has 0 aromatic heterocycles. The van der Waals surface area contributed by atoms with Crippen LogP contribution in [0.4, 0.5) is 14.5 Å². The zero-order valence-corrected chi connectivity index (χ0v) is 15.6. The Morgan fingerprint density at radius 2 is 1.75 bits per heavy atom. The highest BCUT2D eigenvalue weighted by atomic mass is 19.1. The van der Waals surface area contributed by atoms with E-state index in [9.17, 15) is 13.6 Å². The molecule has 1 amide bonds. The maximum Gasteiger partial charge on any atom is 0.238 e. The molecular formula is C21H23F2N3O2. The van der Waals surface area contributed by atoms with E-state index in [1.54, 1.807) is 0 Å². The van der Waals surface area contributed by atoms with E-state index in [-0.39, 0.29) is 12.2 Å². The fourth-order valence-electron chi connectivity index (χ4n) is 3.70. The van der Waals surface area contributed by atoms with Crippen LogP contribution in [0.5, 0.6) is 5.75 Å². The molecule has 0 saturated carbocycles. The minimum Gasteiger partial charge on any atom is -0.493 e. The lowest BCUT2D eigenvalue weighted by Gasteiger charge is -2.34. The van der Waals surface area contributed by atoms with Gasteiger partial charge in [-0.2, -0.15) is 0 Å². The summed E-state index contributed by atoms with van der Waals surface area (Å²) in [5, 5.41) is 2.34. The van der Waals surface area contributed by atoms with Crippen molar-refractivity contribution in [1.82, 2.24) is 9.80 Å². The zero-order valence-electron chi connectivity index (χ0n) is 15.6. The van der Waals surface area contributed by atoms with Crippen molar-refractivity contribution in [3.8, 4) is 5.75 Å². The monoisotopic (exact) mass is 387 g/mol. The van der Waals surface area contributed by atoms with Crippen LogP contribution in [0.25, 0.3) is 0 Å². The van der Waals surface area contributed by atoms with Crippen LogP contribution in [-0.2, 0) is 17.8 Å². The second-order valence-electron chi connectivity index (χ2n) is 7.24. The molecule has 2 aliphatic rings. The van der Waals surface area contributed by atoms with Gasteiger partial charge in [0.25, 0.3) is 0 Å². The number of anilines is 1. The molecule has 5 nitrogen and oxygen atoms in total. The normalized spacial score (nSPS) is 17.2. The second kappa shape index (κ2) is 8.24. The Bertz CT molecular complexity index is 846. The summed E-state index contributed by atoms with van der Waals surface area (Å²) in [6.07, 6.45) is 0.967. The maximum atomic E-state index is 13.6. The molecule has 0 unspecified atom stereocenters. The van der Waals surface area contributed by atoms with Gasteiger partial charge in [0.15, 0.2) is 0 Å². The molecule has 2 aliphatic heterocycles. The summed E-state index contributed by atoms with van der Waals surface area (Å²) < 4.78 is 32.8. The summed E-state index contributed by atoms with van der Waals surface area (Å²) in [5.41, 5.74) is 2.16. The van der Waals surface area contributed by atoms with Crippen LogP contribution in [0.2, 0.25) is 0 Å². The molecule has 2 aromatic carbocycles. The van der Waals surface area contributed by atoms with Gasteiger partial charge in [0.1, 0.15) is 23.1 Å². The van der Waals surface area contributed by atoms with Crippen molar-refractivity contribution in [2.24, 2.45) is 0 Å². The average molecular weight is 387 g/mol. The standard InChI is InChI=1S/C21H23F2N3O2/c22-17-2-1-3-18(23)21(17)24-20(27)14-26-9-7-25(8-10-26)13-15-4-5-19-16(12-15)6-11-28-19/h1-5,12H,6-11,13-14H2,(H,24,27). The number of amides is 1. The molecule has 0 bridgehead atoms. The average Bonchev–Trinajstić information content (AvgIpc) is 3.14. The van der Waals surface area contributed by atoms with Crippen molar-refractivity contribution in [3.63, 3.8) is 0 Å². The Kier molecular flexibility index (Phi) is 5.54. The first-order valence-corrected chi connectivity index (χ1v) is 9.51. The van der Waals surface area contributed by atoms with E-state index < -0.39 is 17.5 Å². The fraction of sp³-hybridized carbons (Fsp3) is 0.381. The van der Waals surface area contributed by atoms with Crippen LogP contribution in [0.3, 0.4) is 0 Å². The molecular weight excluding hydrogens is 364 g/mol. The first-order valence-electron chi connectivity index (χ1n) is 9.51. The predicted octanol–water partition coefficient (Wildman–Crippen LogP) is 2.66. The third kappa shape index (κ3) is 4.31. The summed E-state index contributed by atoms with van der Waals surface area (Å²) in [7, 11) is 0. The minimum atomic E-state index is -0.766. The van der Waals surface area contributed by atoms with Crippen molar-refractivity contribution >= 4 is 11.6 Å². The van der Waals surface area contributed by atoms with E-state index in [4.69, 9.17) is 4.74 Å². The molecule has 0 atom stereocenters. The van der Waals surface area contributed by atoms with Crippen molar-refractivity contribution in [2.75, 3.05) is 44.6 Å². The van der Waals surface area contributed by atoms with Crippen LogP contribution in [0, 0.1) is 11.6 Å². The Labute approximate surface area is 162 Å². The molecule has 7 heteroatoms. The summed E-state index contributed by atoms with van der Waals surface area (Å²) in [4.78, 5) is 16.5. The highest BCUT2D eigenvalue weighted by Crippen LogP contribution is 2.26. The highest BCUT2D eigenvalue weighted by molar-refractivity contribution is 5.92. The SMILES string of the molecule is O=C(CN1CCN(Cc2ccc3c(c2)CCO3)CC1)Nc1c(F)cccc1F. The van der Waals surface area contributed by atoms with Crippen LogP contribution < -0.4 is 10.1 Å². The number of hydrogen-bond acceptors (Lipinski definition) is 4. The van der Waals surface area contributed by atoms with Crippen molar-refractivity contribution < 1.29 is 18.3 Å². The Morgan fingerprint density at radius 1 is 1.04 bits per heavy atom. The van der Waals surface area contributed by atoms with Crippen molar-refractivity contribution in [3.05, 3.63) is 59.2 Å². The van der Waals surface area contributed by atoms with E-state index in [0.29, 0.717) is 0 Å². The number of hydrogen-bond donors (Lipinski definition) is 1. The number of piperazine rings is 1. The topological polar surface area (TPSA) is 44.8 Å². The van der Waals surface area contributed by atoms with Gasteiger partial charge in [0, 0.05) is 39.1 Å². The fourth-order valence-corrected chi connectivity index (χ4v) is 3.70. The molecule has 4 rings (SSSR count). The van der Waals surface area contributed by atoms with E-state index >= 15 is 0 Å². The van der Waals surface area contributed by atoms with Gasteiger partial charge in [0.05, 0.1) is 13.2 Å². The molecule has 1 fully saturated rings. The molecule has 1 N–H and O–H groups in total. The quantitative estimate of drug-likeness (QED) is 0.857. The van der Waals surface area contributed by atoms with Gasteiger partial charge >= 0.3 is 0 Å². The van der Waals surface area contributed by atoms with Gasteiger partial charge in [-0.15, -0.1) is 0 Å². The number of ether oxygens (including phenoxy) is 1. The third-order valence-corrected chi connectivity index (χ3v) is 5.22. The lowest BCUT2D eigenvalue weighted by Crippen LogP contribution is -2.48. The number of carbonyl (C=O) groups excluding carboxylic acids is 1. The summed E-state index contributed by atoms with van der Waals surface area (Å²) in [6, 6.07) is 9.89. The van der Waals surface area contributed by atoms with Crippen molar-refractivity contribution in [2.45, 2.75) is 13.0 Å².